The molecular formula is C17H19BrClNO. The van der Waals surface area contributed by atoms with Gasteiger partial charge in [-0.05, 0) is 42.3 Å². The average Bonchev–Trinajstić information content (AvgIpc) is 2.48. The lowest BCUT2D eigenvalue weighted by atomic mass is 10.1. The van der Waals surface area contributed by atoms with E-state index >= 15 is 0 Å². The Morgan fingerprint density at radius 2 is 1.81 bits per heavy atom. The fourth-order valence-corrected chi connectivity index (χ4v) is 2.64. The first-order valence-corrected chi connectivity index (χ1v) is 8.22. The van der Waals surface area contributed by atoms with Gasteiger partial charge in [-0.3, -0.25) is 0 Å². The number of hydrogen-bond acceptors (Lipinski definition) is 2. The van der Waals surface area contributed by atoms with Crippen LogP contribution in [0.1, 0.15) is 24.5 Å². The van der Waals surface area contributed by atoms with E-state index in [1.807, 2.05) is 18.2 Å². The van der Waals surface area contributed by atoms with Crippen molar-refractivity contribution in [2.45, 2.75) is 26.5 Å². The van der Waals surface area contributed by atoms with Crippen LogP contribution in [0.5, 0.6) is 5.75 Å². The van der Waals surface area contributed by atoms with Crippen LogP contribution in [0.4, 0.5) is 0 Å². The van der Waals surface area contributed by atoms with Crippen LogP contribution in [-0.4, -0.2) is 6.54 Å². The summed E-state index contributed by atoms with van der Waals surface area (Å²) in [6.45, 7) is 4.64. The highest BCUT2D eigenvalue weighted by molar-refractivity contribution is 9.10. The average molecular weight is 369 g/mol. The van der Waals surface area contributed by atoms with Crippen LogP contribution < -0.4 is 10.1 Å². The van der Waals surface area contributed by atoms with Crippen molar-refractivity contribution < 1.29 is 4.74 Å². The first-order chi connectivity index (χ1) is 10.2. The van der Waals surface area contributed by atoms with E-state index < -0.39 is 0 Å². The largest absolute Gasteiger partial charge is 0.487 e. The van der Waals surface area contributed by atoms with Gasteiger partial charge in [0.05, 0.1) is 5.02 Å². The molecule has 0 bridgehead atoms. The van der Waals surface area contributed by atoms with Gasteiger partial charge < -0.3 is 10.1 Å². The van der Waals surface area contributed by atoms with Gasteiger partial charge in [-0.15, -0.1) is 0 Å². The molecule has 0 fully saturated rings. The van der Waals surface area contributed by atoms with E-state index in [9.17, 15) is 0 Å². The summed E-state index contributed by atoms with van der Waals surface area (Å²) in [6.07, 6.45) is 1.15. The maximum absolute atomic E-state index is 6.13. The van der Waals surface area contributed by atoms with Crippen LogP contribution >= 0.6 is 27.5 Å². The van der Waals surface area contributed by atoms with E-state index in [1.54, 1.807) is 0 Å². The summed E-state index contributed by atoms with van der Waals surface area (Å²) in [6, 6.07) is 14.1. The van der Waals surface area contributed by atoms with Crippen LogP contribution in [0.2, 0.25) is 5.02 Å². The van der Waals surface area contributed by atoms with E-state index in [0.29, 0.717) is 17.4 Å². The molecule has 4 heteroatoms. The summed E-state index contributed by atoms with van der Waals surface area (Å²) in [7, 11) is 0. The Labute approximate surface area is 139 Å². The predicted octanol–water partition coefficient (Wildman–Crippen LogP) is 5.18. The molecule has 0 aliphatic rings. The van der Waals surface area contributed by atoms with Crippen molar-refractivity contribution in [2.24, 2.45) is 0 Å². The van der Waals surface area contributed by atoms with E-state index in [1.165, 1.54) is 5.56 Å². The SMILES string of the molecule is CCCNCc1ccc(COc2ccc(Br)cc2Cl)cc1. The molecule has 0 aliphatic carbocycles. The molecule has 21 heavy (non-hydrogen) atoms. The molecule has 0 saturated carbocycles. The molecule has 1 N–H and O–H groups in total. The zero-order valence-corrected chi connectivity index (χ0v) is 14.4. The molecule has 0 unspecified atom stereocenters. The van der Waals surface area contributed by atoms with E-state index in [4.69, 9.17) is 16.3 Å². The fourth-order valence-electron chi connectivity index (χ4n) is 1.92. The summed E-state index contributed by atoms with van der Waals surface area (Å²) < 4.78 is 6.70. The molecule has 0 spiro atoms. The molecule has 0 aliphatic heterocycles. The summed E-state index contributed by atoms with van der Waals surface area (Å²) in [4.78, 5) is 0. The zero-order chi connectivity index (χ0) is 15.1. The van der Waals surface area contributed by atoms with Gasteiger partial charge in [0.2, 0.25) is 0 Å². The first kappa shape index (κ1) is 16.3. The van der Waals surface area contributed by atoms with Crippen molar-refractivity contribution in [2.75, 3.05) is 6.54 Å². The van der Waals surface area contributed by atoms with Gasteiger partial charge >= 0.3 is 0 Å². The third-order valence-electron chi connectivity index (χ3n) is 3.07. The van der Waals surface area contributed by atoms with Gasteiger partial charge in [0.1, 0.15) is 12.4 Å². The van der Waals surface area contributed by atoms with E-state index in [-0.39, 0.29) is 0 Å². The quantitative estimate of drug-likeness (QED) is 0.680. The summed E-state index contributed by atoms with van der Waals surface area (Å²) in [5.74, 6) is 0.702. The lowest BCUT2D eigenvalue weighted by Gasteiger charge is -2.09. The van der Waals surface area contributed by atoms with Crippen molar-refractivity contribution in [3.05, 3.63) is 63.1 Å². The molecule has 0 saturated heterocycles. The number of nitrogens with one attached hydrogen (secondary N) is 1. The van der Waals surface area contributed by atoms with Crippen molar-refractivity contribution >= 4 is 27.5 Å². The Hall–Kier alpha value is -1.03. The molecule has 2 aromatic rings. The minimum Gasteiger partial charge on any atom is -0.487 e. The Morgan fingerprint density at radius 3 is 2.48 bits per heavy atom. The van der Waals surface area contributed by atoms with Crippen LogP contribution in [-0.2, 0) is 13.2 Å². The molecule has 2 nitrogen and oxygen atoms in total. The first-order valence-electron chi connectivity index (χ1n) is 7.05. The number of ether oxygens (including phenoxy) is 1. The van der Waals surface area contributed by atoms with Gasteiger partial charge in [-0.2, -0.15) is 0 Å². The number of rotatable bonds is 7. The highest BCUT2D eigenvalue weighted by Gasteiger charge is 2.03. The molecule has 2 rings (SSSR count). The highest BCUT2D eigenvalue weighted by atomic mass is 79.9. The molecule has 0 heterocycles. The van der Waals surface area contributed by atoms with Gasteiger partial charge in [0, 0.05) is 11.0 Å². The lowest BCUT2D eigenvalue weighted by molar-refractivity contribution is 0.306. The number of benzene rings is 2. The van der Waals surface area contributed by atoms with Crippen LogP contribution in [0.15, 0.2) is 46.9 Å². The predicted molar refractivity (Wildman–Crippen MR) is 91.9 cm³/mol. The third-order valence-corrected chi connectivity index (χ3v) is 3.86. The Bertz CT molecular complexity index is 572. The topological polar surface area (TPSA) is 21.3 Å². The molecular weight excluding hydrogens is 350 g/mol. The Morgan fingerprint density at radius 1 is 1.10 bits per heavy atom. The highest BCUT2D eigenvalue weighted by Crippen LogP contribution is 2.28. The normalized spacial score (nSPS) is 10.6. The molecule has 0 aromatic heterocycles. The smallest absolute Gasteiger partial charge is 0.138 e. The second kappa shape index (κ2) is 8.42. The molecule has 112 valence electrons. The van der Waals surface area contributed by atoms with Crippen molar-refractivity contribution in [1.82, 2.24) is 5.32 Å². The second-order valence-electron chi connectivity index (χ2n) is 4.86. The molecule has 0 atom stereocenters. The lowest BCUT2D eigenvalue weighted by Crippen LogP contribution is -2.13. The maximum atomic E-state index is 6.13. The Kier molecular flexibility index (Phi) is 6.55. The summed E-state index contributed by atoms with van der Waals surface area (Å²) in [5, 5.41) is 4.00. The van der Waals surface area contributed by atoms with Crippen molar-refractivity contribution in [3.63, 3.8) is 0 Å². The van der Waals surface area contributed by atoms with Gasteiger partial charge in [-0.25, -0.2) is 0 Å². The molecule has 0 radical (unpaired) electrons. The van der Waals surface area contributed by atoms with Crippen LogP contribution in [0.3, 0.4) is 0 Å². The molecule has 0 amide bonds. The Balaban J connectivity index is 1.88. The maximum Gasteiger partial charge on any atom is 0.138 e. The van der Waals surface area contributed by atoms with Gasteiger partial charge in [0.15, 0.2) is 0 Å². The number of hydrogen-bond donors (Lipinski definition) is 1. The fraction of sp³-hybridized carbons (Fsp3) is 0.294. The minimum atomic E-state index is 0.518. The third kappa shape index (κ3) is 5.34. The molecule has 2 aromatic carbocycles. The monoisotopic (exact) mass is 367 g/mol. The van der Waals surface area contributed by atoms with Crippen molar-refractivity contribution in [3.8, 4) is 5.75 Å². The van der Waals surface area contributed by atoms with Crippen molar-refractivity contribution in [1.29, 1.82) is 0 Å². The van der Waals surface area contributed by atoms with Gasteiger partial charge in [0.25, 0.3) is 0 Å². The van der Waals surface area contributed by atoms with Gasteiger partial charge in [-0.1, -0.05) is 58.7 Å². The van der Waals surface area contributed by atoms with Crippen LogP contribution in [0.25, 0.3) is 0 Å². The standard InChI is InChI=1S/C17H19BrClNO/c1-2-9-20-11-13-3-5-14(6-4-13)12-21-17-8-7-15(18)10-16(17)19/h3-8,10,20H,2,9,11-12H2,1H3. The zero-order valence-electron chi connectivity index (χ0n) is 12.0. The van der Waals surface area contributed by atoms with E-state index in [2.05, 4.69) is 52.4 Å². The summed E-state index contributed by atoms with van der Waals surface area (Å²) in [5.41, 5.74) is 2.42. The van der Waals surface area contributed by atoms with E-state index in [0.717, 1.165) is 29.5 Å². The van der Waals surface area contributed by atoms with Crippen LogP contribution in [0, 0.1) is 0 Å². The second-order valence-corrected chi connectivity index (χ2v) is 6.18. The summed E-state index contributed by atoms with van der Waals surface area (Å²) >= 11 is 9.51. The minimum absolute atomic E-state index is 0.518. The number of halogens is 2.